The molecular formula is C27H29F3O2. The van der Waals surface area contributed by atoms with Crippen LogP contribution in [-0.4, -0.2) is 19.5 Å². The van der Waals surface area contributed by atoms with Gasteiger partial charge in [-0.3, -0.25) is 0 Å². The molecule has 0 aromatic heterocycles. The van der Waals surface area contributed by atoms with Crippen LogP contribution in [0.25, 0.3) is 10.8 Å². The zero-order chi connectivity index (χ0) is 22.5. The zero-order valence-electron chi connectivity index (χ0n) is 18.4. The molecule has 0 unspecified atom stereocenters. The van der Waals surface area contributed by atoms with Crippen molar-refractivity contribution in [3.8, 4) is 0 Å². The second kappa shape index (κ2) is 10.5. The van der Waals surface area contributed by atoms with Crippen LogP contribution in [0.15, 0.2) is 48.5 Å². The van der Waals surface area contributed by atoms with Crippen LogP contribution in [0.1, 0.15) is 42.9 Å². The Balaban J connectivity index is 1.37. The predicted molar refractivity (Wildman–Crippen MR) is 120 cm³/mol. The molecule has 170 valence electrons. The molecule has 0 N–H and O–H groups in total. The van der Waals surface area contributed by atoms with Crippen molar-refractivity contribution < 1.29 is 22.6 Å². The molecule has 32 heavy (non-hydrogen) atoms. The largest absolute Gasteiger partial charge is 0.352 e. The molecular weight excluding hydrogens is 413 g/mol. The fraction of sp³-hybridized carbons (Fsp3) is 0.407. The molecule has 3 aromatic carbocycles. The van der Waals surface area contributed by atoms with Crippen LogP contribution >= 0.6 is 0 Å². The maximum atomic E-state index is 15.0. The van der Waals surface area contributed by atoms with Gasteiger partial charge in [0.25, 0.3) is 0 Å². The minimum absolute atomic E-state index is 0.172. The van der Waals surface area contributed by atoms with E-state index in [4.69, 9.17) is 9.47 Å². The van der Waals surface area contributed by atoms with Crippen LogP contribution in [0.4, 0.5) is 13.2 Å². The zero-order valence-corrected chi connectivity index (χ0v) is 18.4. The Labute approximate surface area is 187 Å². The van der Waals surface area contributed by atoms with Gasteiger partial charge in [0.2, 0.25) is 0 Å². The average molecular weight is 443 g/mol. The SMILES string of the molecule is CCCC1COC(CCc2ccc3c(F)c(CCc4ccc(F)c(F)c4)ccc3c2)OC1. The molecule has 2 nitrogen and oxygen atoms in total. The minimum Gasteiger partial charge on any atom is -0.352 e. The van der Waals surface area contributed by atoms with Crippen LogP contribution in [0.2, 0.25) is 0 Å². The molecule has 0 bridgehead atoms. The van der Waals surface area contributed by atoms with E-state index >= 15 is 4.39 Å². The van der Waals surface area contributed by atoms with Crippen molar-refractivity contribution in [2.75, 3.05) is 13.2 Å². The van der Waals surface area contributed by atoms with E-state index in [1.165, 1.54) is 12.1 Å². The van der Waals surface area contributed by atoms with Crippen molar-refractivity contribution in [2.45, 2.75) is 51.7 Å². The Kier molecular flexibility index (Phi) is 7.48. The topological polar surface area (TPSA) is 18.5 Å². The summed E-state index contributed by atoms with van der Waals surface area (Å²) in [7, 11) is 0. The summed E-state index contributed by atoms with van der Waals surface area (Å²) in [5.74, 6) is -1.50. The monoisotopic (exact) mass is 442 g/mol. The smallest absolute Gasteiger partial charge is 0.159 e. The maximum Gasteiger partial charge on any atom is 0.159 e. The van der Waals surface area contributed by atoms with E-state index in [1.807, 2.05) is 24.3 Å². The highest BCUT2D eigenvalue weighted by molar-refractivity contribution is 5.84. The summed E-state index contributed by atoms with van der Waals surface area (Å²) in [5.41, 5.74) is 2.34. The molecule has 1 aliphatic heterocycles. The quantitative estimate of drug-likeness (QED) is 0.384. The van der Waals surface area contributed by atoms with E-state index in [0.717, 1.165) is 55.9 Å². The standard InChI is InChI=1S/C27H29F3O2/c1-2-3-20-16-31-26(32-17-20)13-7-18-5-11-23-22(14-18)10-9-21(27(23)30)8-4-19-6-12-24(28)25(29)15-19/h5-6,9-12,14-15,20,26H,2-4,7-8,13,16-17H2,1H3. The predicted octanol–water partition coefficient (Wildman–Crippen LogP) is 6.76. The van der Waals surface area contributed by atoms with Crippen molar-refractivity contribution in [3.05, 3.63) is 82.7 Å². The average Bonchev–Trinajstić information content (AvgIpc) is 2.80. The molecule has 1 aliphatic rings. The van der Waals surface area contributed by atoms with Gasteiger partial charge < -0.3 is 9.47 Å². The molecule has 3 aromatic rings. The first-order valence-electron chi connectivity index (χ1n) is 11.4. The number of rotatable bonds is 8. The first-order chi connectivity index (χ1) is 15.5. The van der Waals surface area contributed by atoms with Gasteiger partial charge in [0.15, 0.2) is 17.9 Å². The number of hydrogen-bond acceptors (Lipinski definition) is 2. The second-order valence-corrected chi connectivity index (χ2v) is 8.63. The van der Waals surface area contributed by atoms with Crippen molar-refractivity contribution in [2.24, 2.45) is 5.92 Å². The summed E-state index contributed by atoms with van der Waals surface area (Å²) in [4.78, 5) is 0. The van der Waals surface area contributed by atoms with E-state index < -0.39 is 11.6 Å². The fourth-order valence-corrected chi connectivity index (χ4v) is 4.32. The highest BCUT2D eigenvalue weighted by atomic mass is 19.2. The Bertz CT molecular complexity index is 1060. The lowest BCUT2D eigenvalue weighted by Crippen LogP contribution is -2.32. The summed E-state index contributed by atoms with van der Waals surface area (Å²) >= 11 is 0. The van der Waals surface area contributed by atoms with Gasteiger partial charge >= 0.3 is 0 Å². The lowest BCUT2D eigenvalue weighted by atomic mass is 9.98. The van der Waals surface area contributed by atoms with Gasteiger partial charge in [0.05, 0.1) is 13.2 Å². The molecule has 0 radical (unpaired) electrons. The number of aryl methyl sites for hydroxylation is 3. The van der Waals surface area contributed by atoms with E-state index in [-0.39, 0.29) is 12.1 Å². The highest BCUT2D eigenvalue weighted by Crippen LogP contribution is 2.25. The third kappa shape index (κ3) is 5.51. The third-order valence-corrected chi connectivity index (χ3v) is 6.17. The Morgan fingerprint density at radius 1 is 0.781 bits per heavy atom. The molecule has 1 saturated heterocycles. The number of ether oxygens (including phenoxy) is 2. The molecule has 5 heteroatoms. The molecule has 0 amide bonds. The lowest BCUT2D eigenvalue weighted by Gasteiger charge is -2.29. The van der Waals surface area contributed by atoms with Crippen LogP contribution in [0.3, 0.4) is 0 Å². The molecule has 0 atom stereocenters. The minimum atomic E-state index is -0.876. The van der Waals surface area contributed by atoms with E-state index in [1.54, 1.807) is 6.07 Å². The van der Waals surface area contributed by atoms with Gasteiger partial charge in [0.1, 0.15) is 5.82 Å². The molecule has 1 fully saturated rings. The number of hydrogen-bond donors (Lipinski definition) is 0. The van der Waals surface area contributed by atoms with Crippen LogP contribution < -0.4 is 0 Å². The van der Waals surface area contributed by atoms with Gasteiger partial charge in [-0.15, -0.1) is 0 Å². The first kappa shape index (κ1) is 22.8. The lowest BCUT2D eigenvalue weighted by molar-refractivity contribution is -0.203. The normalized spacial score (nSPS) is 18.9. The summed E-state index contributed by atoms with van der Waals surface area (Å²) in [6, 6.07) is 13.3. The van der Waals surface area contributed by atoms with E-state index in [9.17, 15) is 8.78 Å². The second-order valence-electron chi connectivity index (χ2n) is 8.63. The molecule has 1 heterocycles. The molecule has 0 aliphatic carbocycles. The van der Waals surface area contributed by atoms with E-state index in [0.29, 0.717) is 35.3 Å². The molecule has 4 rings (SSSR count). The summed E-state index contributed by atoms with van der Waals surface area (Å²) in [6.45, 7) is 3.69. The van der Waals surface area contributed by atoms with Crippen LogP contribution in [0, 0.1) is 23.4 Å². The molecule has 0 saturated carbocycles. The number of halogens is 3. The maximum absolute atomic E-state index is 15.0. The van der Waals surface area contributed by atoms with Gasteiger partial charge in [-0.25, -0.2) is 13.2 Å². The molecule has 0 spiro atoms. The first-order valence-corrected chi connectivity index (χ1v) is 11.4. The Morgan fingerprint density at radius 3 is 2.28 bits per heavy atom. The van der Waals surface area contributed by atoms with Gasteiger partial charge in [-0.1, -0.05) is 49.7 Å². The van der Waals surface area contributed by atoms with E-state index in [2.05, 4.69) is 6.92 Å². The highest BCUT2D eigenvalue weighted by Gasteiger charge is 2.21. The summed E-state index contributed by atoms with van der Waals surface area (Å²) in [6.07, 6.45) is 4.54. The van der Waals surface area contributed by atoms with Crippen molar-refractivity contribution in [1.29, 1.82) is 0 Å². The Hall–Kier alpha value is -2.37. The van der Waals surface area contributed by atoms with Crippen molar-refractivity contribution in [1.82, 2.24) is 0 Å². The van der Waals surface area contributed by atoms with Crippen molar-refractivity contribution in [3.63, 3.8) is 0 Å². The third-order valence-electron chi connectivity index (χ3n) is 6.17. The van der Waals surface area contributed by atoms with Gasteiger partial charge in [0, 0.05) is 17.7 Å². The Morgan fingerprint density at radius 2 is 1.53 bits per heavy atom. The van der Waals surface area contributed by atoms with Gasteiger partial charge in [-0.2, -0.15) is 0 Å². The van der Waals surface area contributed by atoms with Crippen molar-refractivity contribution >= 4 is 10.8 Å². The van der Waals surface area contributed by atoms with Gasteiger partial charge in [-0.05, 0) is 59.9 Å². The summed E-state index contributed by atoms with van der Waals surface area (Å²) in [5, 5.41) is 1.43. The number of benzene rings is 3. The fourth-order valence-electron chi connectivity index (χ4n) is 4.32. The van der Waals surface area contributed by atoms with Crippen LogP contribution in [-0.2, 0) is 28.7 Å². The number of fused-ring (bicyclic) bond motifs is 1. The van der Waals surface area contributed by atoms with Crippen LogP contribution in [0.5, 0.6) is 0 Å². The summed E-state index contributed by atoms with van der Waals surface area (Å²) < 4.78 is 53.2.